The molecule has 0 bridgehead atoms. The maximum atomic E-state index is 13.4. The van der Waals surface area contributed by atoms with Crippen LogP contribution >= 0.6 is 0 Å². The zero-order valence-corrected chi connectivity index (χ0v) is 38.8. The van der Waals surface area contributed by atoms with Gasteiger partial charge in [-0.2, -0.15) is 0 Å². The second kappa shape index (κ2) is 18.7. The summed E-state index contributed by atoms with van der Waals surface area (Å²) >= 11 is 0. The van der Waals surface area contributed by atoms with Gasteiger partial charge in [0.15, 0.2) is 29.4 Å². The number of carbonyl (C=O) groups excluding carboxylic acids is 1. The first-order chi connectivity index (χ1) is 28.5. The molecule has 0 aliphatic carbocycles. The Balaban J connectivity index is 1.25. The van der Waals surface area contributed by atoms with E-state index >= 15 is 0 Å². The molecular formula is C47H78O14. The van der Waals surface area contributed by atoms with E-state index in [1.807, 2.05) is 40.7 Å². The number of hydrogen-bond donors (Lipinski definition) is 4. The van der Waals surface area contributed by atoms with Crippen molar-refractivity contribution >= 4 is 11.8 Å². The van der Waals surface area contributed by atoms with Gasteiger partial charge in [0.05, 0.1) is 60.9 Å². The summed E-state index contributed by atoms with van der Waals surface area (Å²) in [6.07, 6.45) is 3.01. The van der Waals surface area contributed by atoms with Crippen molar-refractivity contribution in [2.75, 3.05) is 13.7 Å². The highest BCUT2D eigenvalue weighted by Gasteiger charge is 2.65. The number of aliphatic carboxylic acids is 1. The van der Waals surface area contributed by atoms with Gasteiger partial charge in [-0.25, -0.2) is 0 Å². The number of carbonyl (C=O) groups is 2. The van der Waals surface area contributed by atoms with E-state index in [1.165, 1.54) is 0 Å². The van der Waals surface area contributed by atoms with Crippen molar-refractivity contribution in [3.63, 3.8) is 0 Å². The number of aliphatic hydroxyl groups is 3. The number of ketones is 1. The van der Waals surface area contributed by atoms with Crippen molar-refractivity contribution in [2.24, 2.45) is 47.3 Å². The molecule has 0 saturated carbocycles. The molecule has 0 aromatic rings. The van der Waals surface area contributed by atoms with Crippen LogP contribution < -0.4 is 0 Å². The summed E-state index contributed by atoms with van der Waals surface area (Å²) in [7, 11) is 1.70. The Bertz CT molecular complexity index is 1570. The van der Waals surface area contributed by atoms with Crippen molar-refractivity contribution in [2.45, 2.75) is 212 Å². The van der Waals surface area contributed by atoms with E-state index in [-0.39, 0.29) is 72.4 Å². The van der Waals surface area contributed by atoms with Crippen LogP contribution in [0.2, 0.25) is 0 Å². The summed E-state index contributed by atoms with van der Waals surface area (Å²) in [5.41, 5.74) is -0.403. The number of Topliss-reactive ketones (excluding diaryl/α,β-unsaturated/α-hetero) is 1. The smallest absolute Gasteiger partial charge is 0.306 e. The van der Waals surface area contributed by atoms with Gasteiger partial charge in [0.2, 0.25) is 0 Å². The minimum absolute atomic E-state index is 0.0232. The molecule has 6 aliphatic heterocycles. The summed E-state index contributed by atoms with van der Waals surface area (Å²) in [6.45, 7) is 20.9. The first-order valence-electron chi connectivity index (χ1n) is 23.2. The Labute approximate surface area is 363 Å². The molecule has 2 spiro atoms. The van der Waals surface area contributed by atoms with Gasteiger partial charge in [0.25, 0.3) is 0 Å². The molecule has 21 atom stereocenters. The van der Waals surface area contributed by atoms with Crippen LogP contribution in [0.4, 0.5) is 0 Å². The maximum Gasteiger partial charge on any atom is 0.306 e. The average molecular weight is 867 g/mol. The molecule has 6 saturated heterocycles. The molecule has 6 aliphatic rings. The van der Waals surface area contributed by atoms with E-state index < -0.39 is 84.2 Å². The number of methoxy groups -OCH3 is 1. The van der Waals surface area contributed by atoms with E-state index in [0.29, 0.717) is 44.1 Å². The Morgan fingerprint density at radius 3 is 2.21 bits per heavy atom. The lowest BCUT2D eigenvalue weighted by molar-refractivity contribution is -0.394. The van der Waals surface area contributed by atoms with Gasteiger partial charge in [-0.3, -0.25) is 9.59 Å². The molecule has 61 heavy (non-hydrogen) atoms. The topological polar surface area (TPSA) is 189 Å². The molecule has 6 fully saturated rings. The molecule has 14 nitrogen and oxygen atoms in total. The van der Waals surface area contributed by atoms with E-state index in [0.717, 1.165) is 6.42 Å². The predicted octanol–water partition coefficient (Wildman–Crippen LogP) is 6.15. The Morgan fingerprint density at radius 1 is 0.885 bits per heavy atom. The fraction of sp³-hybridized carbons (Fsp3) is 0.915. The second-order valence-corrected chi connectivity index (χ2v) is 20.7. The van der Waals surface area contributed by atoms with E-state index in [1.54, 1.807) is 27.9 Å². The van der Waals surface area contributed by atoms with E-state index in [9.17, 15) is 30.0 Å². The largest absolute Gasteiger partial charge is 0.481 e. The molecule has 0 amide bonds. The van der Waals surface area contributed by atoms with E-state index in [4.69, 9.17) is 37.9 Å². The molecule has 6 rings (SSSR count). The fourth-order valence-electron chi connectivity index (χ4n) is 11.9. The molecular weight excluding hydrogens is 789 g/mol. The van der Waals surface area contributed by atoms with Crippen molar-refractivity contribution < 1.29 is 67.9 Å². The average Bonchev–Trinajstić information content (AvgIpc) is 3.71. The summed E-state index contributed by atoms with van der Waals surface area (Å²) in [5, 5.41) is 42.5. The van der Waals surface area contributed by atoms with Gasteiger partial charge in [-0.15, -0.1) is 0 Å². The van der Waals surface area contributed by atoms with Crippen LogP contribution in [0.1, 0.15) is 134 Å². The molecule has 0 radical (unpaired) electrons. The van der Waals surface area contributed by atoms with Gasteiger partial charge in [0, 0.05) is 61.9 Å². The highest BCUT2D eigenvalue weighted by atomic mass is 16.8. The first kappa shape index (κ1) is 48.9. The molecule has 0 aromatic heterocycles. The number of carboxylic acid groups (broad SMARTS) is 1. The van der Waals surface area contributed by atoms with Gasteiger partial charge >= 0.3 is 5.97 Å². The van der Waals surface area contributed by atoms with Crippen molar-refractivity contribution in [3.8, 4) is 0 Å². The van der Waals surface area contributed by atoms with Crippen LogP contribution in [0.3, 0.4) is 0 Å². The zero-order chi connectivity index (χ0) is 45.0. The van der Waals surface area contributed by atoms with Crippen molar-refractivity contribution in [3.05, 3.63) is 11.6 Å². The van der Waals surface area contributed by atoms with Crippen LogP contribution in [0.15, 0.2) is 11.6 Å². The number of aliphatic hydroxyl groups excluding tert-OH is 2. The fourth-order valence-corrected chi connectivity index (χ4v) is 11.9. The summed E-state index contributed by atoms with van der Waals surface area (Å²) in [6, 6.07) is 0. The Kier molecular flexibility index (Phi) is 15.0. The highest BCUT2D eigenvalue weighted by Crippen LogP contribution is 2.56. The normalized spacial score (nSPS) is 48.6. The lowest BCUT2D eigenvalue weighted by atomic mass is 9.77. The van der Waals surface area contributed by atoms with Gasteiger partial charge < -0.3 is 58.3 Å². The van der Waals surface area contributed by atoms with Gasteiger partial charge in [-0.05, 0) is 70.8 Å². The SMILES string of the molecule is CO[C@@H]1CC[C@@H](O[C@@H]2C[C@@H](C)[C@]3(O[C@H]2[C@]2(C)CC[C@]4(C[C@H](O)[C@@H](C)[C@@H]([C@@H](C)/C=C(\C)C(=O)[C@H](C)C[C@H](C)C(=O)O)O4)O2)O[C@@H]([C@H]2O[C@@](O)(CO)[C@H](C)C[C@@H]2C)C[C@@H]3C)O[C@H]1C. The van der Waals surface area contributed by atoms with Crippen LogP contribution in [-0.2, 0) is 47.5 Å². The molecule has 4 N–H and O–H groups in total. The highest BCUT2D eigenvalue weighted by molar-refractivity contribution is 5.96. The summed E-state index contributed by atoms with van der Waals surface area (Å²) < 4.78 is 54.0. The number of hydrogen-bond acceptors (Lipinski definition) is 13. The lowest BCUT2D eigenvalue weighted by Crippen LogP contribution is -2.64. The molecule has 14 heteroatoms. The molecule has 350 valence electrons. The number of carboxylic acids is 1. The monoisotopic (exact) mass is 867 g/mol. The number of ether oxygens (including phenoxy) is 8. The molecule has 6 heterocycles. The van der Waals surface area contributed by atoms with Crippen LogP contribution in [0, 0.1) is 47.3 Å². The number of allylic oxidation sites excluding steroid dienone is 1. The summed E-state index contributed by atoms with van der Waals surface area (Å²) in [5.74, 6) is -6.80. The molecule has 0 unspecified atom stereocenters. The molecule has 0 aromatic carbocycles. The lowest BCUT2D eigenvalue weighted by Gasteiger charge is -2.54. The minimum Gasteiger partial charge on any atom is -0.481 e. The minimum atomic E-state index is -1.65. The standard InChI is InChI=1S/C47H78O14/c1-24(39(50)25(2)18-28(5)43(51)52)17-26(3)40-32(9)34(49)22-45(58-40)16-15-44(11,61-45)42-37(56-38-14-13-35(54-12)33(10)55-38)21-31(8)47(60-42)30(7)20-36(57-47)41-27(4)19-29(6)46(53,23-48)59-41/h17,25-38,40-42,48-49,53H,13-16,18-23H2,1-12H3,(H,51,52)/b24-17+/t25-,26+,27+,28+,29-,30+,31-,32-,33+,34+,35-,36-,37-,38-,40-,41+,42-,44+,45-,46+,47+/m1/s1. The van der Waals surface area contributed by atoms with Crippen LogP contribution in [-0.4, -0.2) is 124 Å². The van der Waals surface area contributed by atoms with Crippen molar-refractivity contribution in [1.82, 2.24) is 0 Å². The third-order valence-corrected chi connectivity index (χ3v) is 15.7. The van der Waals surface area contributed by atoms with E-state index in [2.05, 4.69) is 20.8 Å². The number of rotatable bonds is 13. The van der Waals surface area contributed by atoms with Crippen LogP contribution in [0.5, 0.6) is 0 Å². The van der Waals surface area contributed by atoms with Crippen LogP contribution in [0.25, 0.3) is 0 Å². The predicted molar refractivity (Wildman–Crippen MR) is 224 cm³/mol. The third kappa shape index (κ3) is 9.71. The summed E-state index contributed by atoms with van der Waals surface area (Å²) in [4.78, 5) is 24.9. The Morgan fingerprint density at radius 2 is 1.57 bits per heavy atom. The third-order valence-electron chi connectivity index (χ3n) is 15.7. The quantitative estimate of drug-likeness (QED) is 0.154. The first-order valence-corrected chi connectivity index (χ1v) is 23.2. The Hall–Kier alpha value is -1.56. The van der Waals surface area contributed by atoms with Crippen molar-refractivity contribution in [1.29, 1.82) is 0 Å². The van der Waals surface area contributed by atoms with Gasteiger partial charge in [0.1, 0.15) is 6.10 Å². The zero-order valence-electron chi connectivity index (χ0n) is 38.8. The second-order valence-electron chi connectivity index (χ2n) is 20.7. The maximum absolute atomic E-state index is 13.4. The van der Waals surface area contributed by atoms with Gasteiger partial charge in [-0.1, -0.05) is 61.5 Å².